The summed E-state index contributed by atoms with van der Waals surface area (Å²) in [7, 11) is 0. The molecule has 0 radical (unpaired) electrons. The quantitative estimate of drug-likeness (QED) is 0.880. The van der Waals surface area contributed by atoms with Crippen LogP contribution in [0.25, 0.3) is 0 Å². The predicted octanol–water partition coefficient (Wildman–Crippen LogP) is 2.41. The Labute approximate surface area is 111 Å². The molecule has 0 saturated heterocycles. The SMILES string of the molecule is NCC(c1cc(F)cc(F)c1)C(O)C1CC2CC2C1. The molecule has 2 fully saturated rings. The summed E-state index contributed by atoms with van der Waals surface area (Å²) >= 11 is 0. The first-order valence-corrected chi connectivity index (χ1v) is 6.92. The standard InChI is InChI=1S/C15H19F2NO/c16-12-4-10(5-13(17)6-12)14(7-18)15(19)11-2-8-1-9(8)3-11/h4-6,8-9,11,14-15,19H,1-3,7,18H2. The average molecular weight is 267 g/mol. The molecule has 19 heavy (non-hydrogen) atoms. The third-order valence-electron chi connectivity index (χ3n) is 4.74. The van der Waals surface area contributed by atoms with E-state index in [-0.39, 0.29) is 18.4 Å². The van der Waals surface area contributed by atoms with Crippen molar-refractivity contribution >= 4 is 0 Å². The van der Waals surface area contributed by atoms with Crippen LogP contribution in [-0.4, -0.2) is 17.8 Å². The molecule has 0 spiro atoms. The highest BCUT2D eigenvalue weighted by Crippen LogP contribution is 2.56. The van der Waals surface area contributed by atoms with Crippen molar-refractivity contribution in [1.29, 1.82) is 0 Å². The molecule has 0 bridgehead atoms. The van der Waals surface area contributed by atoms with Crippen LogP contribution >= 0.6 is 0 Å². The predicted molar refractivity (Wildman–Crippen MR) is 68.5 cm³/mol. The molecule has 2 aliphatic rings. The zero-order chi connectivity index (χ0) is 13.6. The van der Waals surface area contributed by atoms with E-state index in [1.165, 1.54) is 18.6 Å². The summed E-state index contributed by atoms with van der Waals surface area (Å²) in [6.07, 6.45) is 2.74. The molecule has 104 valence electrons. The second-order valence-corrected chi connectivity index (χ2v) is 6.02. The molecule has 4 heteroatoms. The van der Waals surface area contributed by atoms with Gasteiger partial charge < -0.3 is 10.8 Å². The van der Waals surface area contributed by atoms with E-state index in [9.17, 15) is 13.9 Å². The Morgan fingerprint density at radius 3 is 2.21 bits per heavy atom. The molecule has 0 aromatic heterocycles. The van der Waals surface area contributed by atoms with Crippen LogP contribution in [0.15, 0.2) is 18.2 Å². The minimum Gasteiger partial charge on any atom is -0.392 e. The minimum atomic E-state index is -0.616. The van der Waals surface area contributed by atoms with Crippen LogP contribution in [0.3, 0.4) is 0 Å². The van der Waals surface area contributed by atoms with Gasteiger partial charge in [-0.15, -0.1) is 0 Å². The van der Waals surface area contributed by atoms with Crippen LogP contribution in [-0.2, 0) is 0 Å². The molecule has 1 aromatic rings. The second kappa shape index (κ2) is 4.84. The number of fused-ring (bicyclic) bond motifs is 1. The normalized spacial score (nSPS) is 31.9. The van der Waals surface area contributed by atoms with Crippen molar-refractivity contribution < 1.29 is 13.9 Å². The number of aliphatic hydroxyl groups excluding tert-OH is 1. The molecule has 0 amide bonds. The zero-order valence-corrected chi connectivity index (χ0v) is 10.7. The molecule has 2 saturated carbocycles. The minimum absolute atomic E-state index is 0.204. The van der Waals surface area contributed by atoms with Gasteiger partial charge in [0.25, 0.3) is 0 Å². The Bertz CT molecular complexity index is 449. The van der Waals surface area contributed by atoms with Gasteiger partial charge in [-0.05, 0) is 54.7 Å². The van der Waals surface area contributed by atoms with E-state index in [4.69, 9.17) is 5.73 Å². The maximum Gasteiger partial charge on any atom is 0.126 e. The van der Waals surface area contributed by atoms with Crippen LogP contribution in [0, 0.1) is 29.4 Å². The largest absolute Gasteiger partial charge is 0.392 e. The van der Waals surface area contributed by atoms with Crippen molar-refractivity contribution in [1.82, 2.24) is 0 Å². The van der Waals surface area contributed by atoms with Gasteiger partial charge in [0, 0.05) is 18.5 Å². The molecule has 0 heterocycles. The maximum atomic E-state index is 13.3. The molecular formula is C15H19F2NO. The monoisotopic (exact) mass is 267 g/mol. The highest BCUT2D eigenvalue weighted by Gasteiger charge is 2.48. The maximum absolute atomic E-state index is 13.3. The highest BCUT2D eigenvalue weighted by molar-refractivity contribution is 5.24. The van der Waals surface area contributed by atoms with E-state index in [0.717, 1.165) is 30.7 Å². The van der Waals surface area contributed by atoms with Crippen LogP contribution in [0.2, 0.25) is 0 Å². The first-order valence-electron chi connectivity index (χ1n) is 6.92. The van der Waals surface area contributed by atoms with Gasteiger partial charge >= 0.3 is 0 Å². The number of benzene rings is 1. The van der Waals surface area contributed by atoms with Crippen LogP contribution < -0.4 is 5.73 Å². The third-order valence-corrected chi connectivity index (χ3v) is 4.74. The van der Waals surface area contributed by atoms with Crippen LogP contribution in [0.1, 0.15) is 30.7 Å². The number of halogens is 2. The van der Waals surface area contributed by atoms with Gasteiger partial charge in [0.1, 0.15) is 11.6 Å². The molecule has 3 N–H and O–H groups in total. The van der Waals surface area contributed by atoms with Crippen molar-refractivity contribution in [3.8, 4) is 0 Å². The van der Waals surface area contributed by atoms with Gasteiger partial charge in [0.2, 0.25) is 0 Å². The fourth-order valence-electron chi connectivity index (χ4n) is 3.63. The van der Waals surface area contributed by atoms with Gasteiger partial charge in [0.05, 0.1) is 6.10 Å². The molecule has 0 aliphatic heterocycles. The Hall–Kier alpha value is -1.00. The van der Waals surface area contributed by atoms with E-state index < -0.39 is 17.7 Å². The summed E-state index contributed by atoms with van der Waals surface area (Å²) in [5.41, 5.74) is 6.18. The van der Waals surface area contributed by atoms with Crippen molar-refractivity contribution in [3.05, 3.63) is 35.4 Å². The van der Waals surface area contributed by atoms with Crippen LogP contribution in [0.5, 0.6) is 0 Å². The van der Waals surface area contributed by atoms with Crippen molar-refractivity contribution in [3.63, 3.8) is 0 Å². The first kappa shape index (κ1) is 13.0. The summed E-state index contributed by atoms with van der Waals surface area (Å²) in [5.74, 6) is 0.144. The lowest BCUT2D eigenvalue weighted by atomic mass is 9.83. The zero-order valence-electron chi connectivity index (χ0n) is 10.7. The number of aliphatic hydroxyl groups is 1. The molecule has 4 unspecified atom stereocenters. The molecular weight excluding hydrogens is 248 g/mol. The van der Waals surface area contributed by atoms with Crippen molar-refractivity contribution in [2.24, 2.45) is 23.5 Å². The average Bonchev–Trinajstić information content (AvgIpc) is 2.95. The molecule has 2 aliphatic carbocycles. The van der Waals surface area contributed by atoms with E-state index in [1.54, 1.807) is 0 Å². The molecule has 2 nitrogen and oxygen atoms in total. The number of hydrogen-bond donors (Lipinski definition) is 2. The number of rotatable bonds is 4. The van der Waals surface area contributed by atoms with Crippen molar-refractivity contribution in [2.75, 3.05) is 6.54 Å². The molecule has 3 rings (SSSR count). The van der Waals surface area contributed by atoms with Gasteiger partial charge in [-0.25, -0.2) is 8.78 Å². The fraction of sp³-hybridized carbons (Fsp3) is 0.600. The lowest BCUT2D eigenvalue weighted by Gasteiger charge is -2.28. The topological polar surface area (TPSA) is 46.2 Å². The Morgan fingerprint density at radius 2 is 1.68 bits per heavy atom. The van der Waals surface area contributed by atoms with E-state index >= 15 is 0 Å². The summed E-state index contributed by atoms with van der Waals surface area (Å²) in [4.78, 5) is 0. The summed E-state index contributed by atoms with van der Waals surface area (Å²) in [5, 5.41) is 10.5. The van der Waals surface area contributed by atoms with E-state index in [2.05, 4.69) is 0 Å². The first-order chi connectivity index (χ1) is 9.08. The fourth-order valence-corrected chi connectivity index (χ4v) is 3.63. The Balaban J connectivity index is 1.78. The van der Waals surface area contributed by atoms with Gasteiger partial charge in [-0.3, -0.25) is 0 Å². The van der Waals surface area contributed by atoms with Gasteiger partial charge in [-0.2, -0.15) is 0 Å². The van der Waals surface area contributed by atoms with Crippen LogP contribution in [0.4, 0.5) is 8.78 Å². The van der Waals surface area contributed by atoms with E-state index in [0.29, 0.717) is 5.56 Å². The van der Waals surface area contributed by atoms with Crippen molar-refractivity contribution in [2.45, 2.75) is 31.3 Å². The van der Waals surface area contributed by atoms with Gasteiger partial charge in [-0.1, -0.05) is 0 Å². The van der Waals surface area contributed by atoms with Gasteiger partial charge in [0.15, 0.2) is 0 Å². The number of nitrogens with two attached hydrogens (primary N) is 1. The second-order valence-electron chi connectivity index (χ2n) is 6.02. The highest BCUT2D eigenvalue weighted by atomic mass is 19.1. The summed E-state index contributed by atoms with van der Waals surface area (Å²) < 4.78 is 26.5. The smallest absolute Gasteiger partial charge is 0.126 e. The third kappa shape index (κ3) is 2.51. The molecule has 1 aromatic carbocycles. The Kier molecular flexibility index (Phi) is 3.31. The summed E-state index contributed by atoms with van der Waals surface area (Å²) in [6, 6.07) is 3.40. The lowest BCUT2D eigenvalue weighted by molar-refractivity contribution is 0.0788. The summed E-state index contributed by atoms with van der Waals surface area (Å²) in [6.45, 7) is 0.204. The lowest BCUT2D eigenvalue weighted by Crippen LogP contribution is -2.32. The Morgan fingerprint density at radius 1 is 1.11 bits per heavy atom. The molecule has 4 atom stereocenters. The van der Waals surface area contributed by atoms with E-state index in [1.807, 2.05) is 0 Å². The number of hydrogen-bond acceptors (Lipinski definition) is 2.